The maximum atomic E-state index is 12.6. The molecule has 0 rings (SSSR count). The normalized spacial score (nSPS) is 12.4. The molecule has 0 aliphatic heterocycles. The van der Waals surface area contributed by atoms with Crippen molar-refractivity contribution in [2.24, 2.45) is 0 Å². The number of rotatable bonds is 34. The number of carbonyl (C=O) groups excluding carboxylic acids is 2. The Bertz CT molecular complexity index is 803. The molecule has 0 fully saturated rings. The maximum Gasteiger partial charge on any atom is 0.322 e. The molecule has 0 aliphatic carbocycles. The molecule has 0 aromatic carbocycles. The number of amides is 1. The van der Waals surface area contributed by atoms with Gasteiger partial charge in [-0.15, -0.1) is 0 Å². The number of hydrogen-bond acceptors (Lipinski definition) is 4. The zero-order valence-corrected chi connectivity index (χ0v) is 29.9. The van der Waals surface area contributed by atoms with Crippen molar-refractivity contribution in [3.63, 3.8) is 0 Å². The van der Waals surface area contributed by atoms with Crippen LogP contribution in [0.25, 0.3) is 0 Å². The standard InChI is InChI=1S/C40H71NO5/c1-3-5-7-9-11-13-14-15-16-17-18-19-21-23-25-31-35-40(45)46-37(32-28-24-22-20-12-10-8-6-4-2)33-29-26-27-30-34-38(42)41-36-39(43)44/h16-17,20,22,28,32,37H,3-15,18-19,21,23-27,29-31,33-36H2,1-2H3,(H,41,42)(H,43,44)/b17-16-,22-20-,32-28-. The smallest absolute Gasteiger partial charge is 0.322 e. The van der Waals surface area contributed by atoms with Gasteiger partial charge in [-0.2, -0.15) is 0 Å². The summed E-state index contributed by atoms with van der Waals surface area (Å²) in [6.45, 7) is 4.17. The summed E-state index contributed by atoms with van der Waals surface area (Å²) in [6, 6.07) is 0. The average Bonchev–Trinajstić information content (AvgIpc) is 3.04. The highest BCUT2D eigenvalue weighted by molar-refractivity contribution is 5.80. The summed E-state index contributed by atoms with van der Waals surface area (Å²) in [7, 11) is 0. The van der Waals surface area contributed by atoms with E-state index in [0.717, 1.165) is 57.8 Å². The minimum atomic E-state index is -1.03. The highest BCUT2D eigenvalue weighted by atomic mass is 16.5. The zero-order valence-electron chi connectivity index (χ0n) is 29.9. The van der Waals surface area contributed by atoms with Crippen LogP contribution in [0.4, 0.5) is 0 Å². The number of nitrogens with one attached hydrogen (secondary N) is 1. The second-order valence-electron chi connectivity index (χ2n) is 12.8. The summed E-state index contributed by atoms with van der Waals surface area (Å²) in [5, 5.41) is 11.1. The first-order chi connectivity index (χ1) is 22.5. The molecule has 2 N–H and O–H groups in total. The molecule has 6 nitrogen and oxygen atoms in total. The Hall–Kier alpha value is -2.37. The third kappa shape index (κ3) is 34.5. The number of carbonyl (C=O) groups is 3. The van der Waals surface area contributed by atoms with Gasteiger partial charge in [0.05, 0.1) is 0 Å². The van der Waals surface area contributed by atoms with Crippen molar-refractivity contribution in [1.29, 1.82) is 0 Å². The van der Waals surface area contributed by atoms with Crippen LogP contribution >= 0.6 is 0 Å². The first-order valence-corrected chi connectivity index (χ1v) is 19.1. The van der Waals surface area contributed by atoms with Crippen LogP contribution in [0, 0.1) is 0 Å². The molecule has 6 heteroatoms. The molecule has 0 aromatic rings. The van der Waals surface area contributed by atoms with Crippen LogP contribution in [0.3, 0.4) is 0 Å². The van der Waals surface area contributed by atoms with E-state index in [0.29, 0.717) is 12.8 Å². The SMILES string of the molecule is CCCCCC/C=C\C/C=C\C(CCCCCCC(=O)NCC(=O)O)OC(=O)CCCCCCC/C=C\CCCCCCCCC. The average molecular weight is 646 g/mol. The van der Waals surface area contributed by atoms with Crippen molar-refractivity contribution >= 4 is 17.8 Å². The number of carboxylic acids is 1. The third-order valence-electron chi connectivity index (χ3n) is 8.27. The first kappa shape index (κ1) is 43.6. The fourth-order valence-electron chi connectivity index (χ4n) is 5.40. The number of aliphatic carboxylic acids is 1. The summed E-state index contributed by atoms with van der Waals surface area (Å²) in [4.78, 5) is 34.9. The predicted octanol–water partition coefficient (Wildman–Crippen LogP) is 11.3. The second kappa shape index (κ2) is 35.5. The lowest BCUT2D eigenvalue weighted by Crippen LogP contribution is -2.28. The number of esters is 1. The van der Waals surface area contributed by atoms with Gasteiger partial charge in [0.1, 0.15) is 12.6 Å². The van der Waals surface area contributed by atoms with Crippen LogP contribution in [-0.4, -0.2) is 35.6 Å². The molecule has 1 atom stereocenters. The van der Waals surface area contributed by atoms with Gasteiger partial charge in [-0.1, -0.05) is 134 Å². The van der Waals surface area contributed by atoms with Gasteiger partial charge in [0.2, 0.25) is 5.91 Å². The Balaban J connectivity index is 4.20. The van der Waals surface area contributed by atoms with Gasteiger partial charge in [-0.3, -0.25) is 14.4 Å². The number of carboxylic acid groups (broad SMARTS) is 1. The van der Waals surface area contributed by atoms with E-state index in [4.69, 9.17) is 9.84 Å². The lowest BCUT2D eigenvalue weighted by molar-refractivity contribution is -0.147. The molecule has 1 unspecified atom stereocenters. The van der Waals surface area contributed by atoms with E-state index in [-0.39, 0.29) is 24.5 Å². The Morgan fingerprint density at radius 2 is 1.07 bits per heavy atom. The van der Waals surface area contributed by atoms with Crippen LogP contribution in [0.2, 0.25) is 0 Å². The minimum Gasteiger partial charge on any atom is -0.480 e. The minimum absolute atomic E-state index is 0.107. The number of unbranched alkanes of at least 4 members (excludes halogenated alkanes) is 19. The van der Waals surface area contributed by atoms with Gasteiger partial charge in [-0.25, -0.2) is 0 Å². The van der Waals surface area contributed by atoms with Crippen molar-refractivity contribution in [1.82, 2.24) is 5.32 Å². The largest absolute Gasteiger partial charge is 0.480 e. The van der Waals surface area contributed by atoms with E-state index >= 15 is 0 Å². The van der Waals surface area contributed by atoms with E-state index in [9.17, 15) is 14.4 Å². The van der Waals surface area contributed by atoms with E-state index in [1.54, 1.807) is 0 Å². The van der Waals surface area contributed by atoms with Gasteiger partial charge >= 0.3 is 11.9 Å². The number of hydrogen-bond donors (Lipinski definition) is 2. The molecule has 0 bridgehead atoms. The molecule has 0 aliphatic rings. The summed E-state index contributed by atoms with van der Waals surface area (Å²) in [5.41, 5.74) is 0. The lowest BCUT2D eigenvalue weighted by atomic mass is 10.1. The highest BCUT2D eigenvalue weighted by Crippen LogP contribution is 2.15. The molecule has 0 aromatic heterocycles. The fraction of sp³-hybridized carbons (Fsp3) is 0.775. The van der Waals surface area contributed by atoms with Gasteiger partial charge in [-0.05, 0) is 76.7 Å². The first-order valence-electron chi connectivity index (χ1n) is 19.1. The maximum absolute atomic E-state index is 12.6. The summed E-state index contributed by atoms with van der Waals surface area (Å²) >= 11 is 0. The molecule has 0 radical (unpaired) electrons. The van der Waals surface area contributed by atoms with Crippen LogP contribution in [0.15, 0.2) is 36.5 Å². The molecule has 266 valence electrons. The molecule has 0 saturated heterocycles. The van der Waals surface area contributed by atoms with Crippen LogP contribution in [-0.2, 0) is 19.1 Å². The van der Waals surface area contributed by atoms with Crippen LogP contribution in [0.1, 0.15) is 187 Å². The lowest BCUT2D eigenvalue weighted by Gasteiger charge is -2.14. The fourth-order valence-corrected chi connectivity index (χ4v) is 5.40. The second-order valence-corrected chi connectivity index (χ2v) is 12.8. The predicted molar refractivity (Wildman–Crippen MR) is 194 cm³/mol. The summed E-state index contributed by atoms with van der Waals surface area (Å²) in [5.74, 6) is -1.36. The molecule has 0 saturated carbocycles. The third-order valence-corrected chi connectivity index (χ3v) is 8.27. The molecule has 0 heterocycles. The van der Waals surface area contributed by atoms with Crippen molar-refractivity contribution in [3.05, 3.63) is 36.5 Å². The van der Waals surface area contributed by atoms with Gasteiger partial charge in [0.25, 0.3) is 0 Å². The quantitative estimate of drug-likeness (QED) is 0.0412. The van der Waals surface area contributed by atoms with Gasteiger partial charge in [0, 0.05) is 12.8 Å². The van der Waals surface area contributed by atoms with Crippen molar-refractivity contribution in [3.8, 4) is 0 Å². The Kier molecular flexibility index (Phi) is 33.7. The Morgan fingerprint density at radius 3 is 1.65 bits per heavy atom. The van der Waals surface area contributed by atoms with Crippen LogP contribution < -0.4 is 5.32 Å². The Labute approximate surface area is 283 Å². The zero-order chi connectivity index (χ0) is 33.8. The highest BCUT2D eigenvalue weighted by Gasteiger charge is 2.11. The van der Waals surface area contributed by atoms with Crippen LogP contribution in [0.5, 0.6) is 0 Å². The topological polar surface area (TPSA) is 92.7 Å². The van der Waals surface area contributed by atoms with E-state index < -0.39 is 5.97 Å². The van der Waals surface area contributed by atoms with E-state index in [2.05, 4.69) is 49.5 Å². The summed E-state index contributed by atoms with van der Waals surface area (Å²) < 4.78 is 5.87. The van der Waals surface area contributed by atoms with Crippen molar-refractivity contribution < 1.29 is 24.2 Å². The van der Waals surface area contributed by atoms with Gasteiger partial charge < -0.3 is 15.2 Å². The van der Waals surface area contributed by atoms with Gasteiger partial charge in [0.15, 0.2) is 0 Å². The molecule has 1 amide bonds. The number of ether oxygens (including phenoxy) is 1. The van der Waals surface area contributed by atoms with Crippen molar-refractivity contribution in [2.75, 3.05) is 6.54 Å². The molecule has 46 heavy (non-hydrogen) atoms. The molecular formula is C40H71NO5. The monoisotopic (exact) mass is 646 g/mol. The van der Waals surface area contributed by atoms with Crippen molar-refractivity contribution in [2.45, 2.75) is 193 Å². The molecule has 0 spiro atoms. The van der Waals surface area contributed by atoms with E-state index in [1.807, 2.05) is 6.08 Å². The Morgan fingerprint density at radius 1 is 0.587 bits per heavy atom. The van der Waals surface area contributed by atoms with E-state index in [1.165, 1.54) is 103 Å². The molecular weight excluding hydrogens is 574 g/mol. The number of allylic oxidation sites excluding steroid dienone is 5. The summed E-state index contributed by atoms with van der Waals surface area (Å²) in [6.07, 6.45) is 42.8.